The molecule has 0 amide bonds. The Morgan fingerprint density at radius 2 is 1.74 bits per heavy atom. The number of hydrogen-bond acceptors (Lipinski definition) is 5. The smallest absolute Gasteiger partial charge is 0.416 e. The van der Waals surface area contributed by atoms with E-state index in [0.717, 1.165) is 54.3 Å². The number of nitrogens with zero attached hydrogens (tertiary/aromatic N) is 2. The first kappa shape index (κ1) is 19.9. The largest absolute Gasteiger partial charge is 0.454 e. The number of aromatic nitrogens is 1. The molecule has 8 heteroatoms. The fraction of sp³-hybridized carbons (Fsp3) is 0.348. The maximum Gasteiger partial charge on any atom is 0.416 e. The zero-order valence-electron chi connectivity index (χ0n) is 16.8. The number of alkyl halides is 3. The molecule has 1 fully saturated rings. The molecule has 3 aromatic rings. The van der Waals surface area contributed by atoms with Gasteiger partial charge in [0.1, 0.15) is 5.82 Å². The average molecular weight is 429 g/mol. The lowest BCUT2D eigenvalue weighted by Crippen LogP contribution is -2.23. The second-order valence-corrected chi connectivity index (χ2v) is 7.87. The van der Waals surface area contributed by atoms with Gasteiger partial charge >= 0.3 is 6.18 Å². The number of rotatable bonds is 5. The fourth-order valence-corrected chi connectivity index (χ4v) is 4.13. The maximum atomic E-state index is 13.0. The minimum absolute atomic E-state index is 0.204. The molecule has 0 atom stereocenters. The summed E-state index contributed by atoms with van der Waals surface area (Å²) in [4.78, 5) is 7.18. The monoisotopic (exact) mass is 429 g/mol. The molecule has 1 saturated heterocycles. The Kier molecular flexibility index (Phi) is 5.09. The molecule has 31 heavy (non-hydrogen) atoms. The van der Waals surface area contributed by atoms with Gasteiger partial charge in [-0.25, -0.2) is 4.98 Å². The number of anilines is 1. The standard InChI is InChI=1S/C23H22F3N3O2/c24-23(25,26)18-5-3-4-15(8-18)12-27-13-17-9-16-10-20-21(31-14-30-20)11-19(16)28-22(17)29-6-1-2-7-29/h3-5,8-11,27H,1-2,6-7,12-14H2. The molecule has 2 aliphatic rings. The first-order valence-corrected chi connectivity index (χ1v) is 10.3. The Hall–Kier alpha value is -3.00. The van der Waals surface area contributed by atoms with Crippen molar-refractivity contribution in [2.45, 2.75) is 32.1 Å². The SMILES string of the molecule is FC(F)(F)c1cccc(CNCc2cc3cc4c(cc3nc2N2CCCC2)OCO4)c1. The quantitative estimate of drug-likeness (QED) is 0.627. The Labute approximate surface area is 177 Å². The van der Waals surface area contributed by atoms with Gasteiger partial charge in [-0.1, -0.05) is 18.2 Å². The second-order valence-electron chi connectivity index (χ2n) is 7.87. The summed E-state index contributed by atoms with van der Waals surface area (Å²) in [5.41, 5.74) is 1.82. The third-order valence-corrected chi connectivity index (χ3v) is 5.67. The van der Waals surface area contributed by atoms with Crippen LogP contribution in [0.3, 0.4) is 0 Å². The number of benzene rings is 2. The van der Waals surface area contributed by atoms with Crippen LogP contribution < -0.4 is 19.7 Å². The highest BCUT2D eigenvalue weighted by atomic mass is 19.4. The van der Waals surface area contributed by atoms with Gasteiger partial charge in [0.05, 0.1) is 11.1 Å². The van der Waals surface area contributed by atoms with Crippen LogP contribution in [0.2, 0.25) is 0 Å². The molecule has 5 rings (SSSR count). The molecule has 5 nitrogen and oxygen atoms in total. The van der Waals surface area contributed by atoms with Crippen LogP contribution in [0.5, 0.6) is 11.5 Å². The molecule has 162 valence electrons. The normalized spacial score (nSPS) is 15.8. The van der Waals surface area contributed by atoms with Crippen LogP contribution in [-0.4, -0.2) is 24.9 Å². The Balaban J connectivity index is 1.40. The number of ether oxygens (including phenoxy) is 2. The van der Waals surface area contributed by atoms with Crippen LogP contribution in [0, 0.1) is 0 Å². The van der Waals surface area contributed by atoms with E-state index in [4.69, 9.17) is 14.5 Å². The highest BCUT2D eigenvalue weighted by Gasteiger charge is 2.30. The Morgan fingerprint density at radius 3 is 2.52 bits per heavy atom. The molecule has 1 aromatic heterocycles. The van der Waals surface area contributed by atoms with Crippen molar-refractivity contribution in [1.82, 2.24) is 10.3 Å². The average Bonchev–Trinajstić information content (AvgIpc) is 3.43. The van der Waals surface area contributed by atoms with Gasteiger partial charge in [-0.15, -0.1) is 0 Å². The van der Waals surface area contributed by atoms with Gasteiger partial charge < -0.3 is 19.7 Å². The molecule has 0 unspecified atom stereocenters. The summed E-state index contributed by atoms with van der Waals surface area (Å²) >= 11 is 0. The second kappa shape index (κ2) is 7.92. The zero-order valence-corrected chi connectivity index (χ0v) is 16.8. The van der Waals surface area contributed by atoms with E-state index in [9.17, 15) is 13.2 Å². The van der Waals surface area contributed by atoms with Gasteiger partial charge in [0, 0.05) is 43.2 Å². The molecule has 0 bridgehead atoms. The van der Waals surface area contributed by atoms with Crippen molar-refractivity contribution in [3.8, 4) is 11.5 Å². The molecular weight excluding hydrogens is 407 g/mol. The number of halogens is 3. The molecular formula is C23H22F3N3O2. The van der Waals surface area contributed by atoms with Crippen molar-refractivity contribution in [3.63, 3.8) is 0 Å². The minimum atomic E-state index is -4.34. The van der Waals surface area contributed by atoms with Crippen LogP contribution >= 0.6 is 0 Å². The summed E-state index contributed by atoms with van der Waals surface area (Å²) in [6.45, 7) is 2.94. The molecule has 0 spiro atoms. The van der Waals surface area contributed by atoms with E-state index < -0.39 is 11.7 Å². The van der Waals surface area contributed by atoms with Gasteiger partial charge in [-0.2, -0.15) is 13.2 Å². The number of fused-ring (bicyclic) bond motifs is 2. The fourth-order valence-electron chi connectivity index (χ4n) is 4.13. The van der Waals surface area contributed by atoms with Crippen LogP contribution in [0.25, 0.3) is 10.9 Å². The Bertz CT molecular complexity index is 1110. The highest BCUT2D eigenvalue weighted by molar-refractivity contribution is 5.85. The molecule has 1 N–H and O–H groups in total. The number of hydrogen-bond donors (Lipinski definition) is 1. The lowest BCUT2D eigenvalue weighted by molar-refractivity contribution is -0.137. The summed E-state index contributed by atoms with van der Waals surface area (Å²) < 4.78 is 49.9. The van der Waals surface area contributed by atoms with Crippen LogP contribution in [-0.2, 0) is 19.3 Å². The van der Waals surface area contributed by atoms with E-state index in [-0.39, 0.29) is 6.79 Å². The van der Waals surface area contributed by atoms with Crippen LogP contribution in [0.15, 0.2) is 42.5 Å². The van der Waals surface area contributed by atoms with Gasteiger partial charge in [0.2, 0.25) is 6.79 Å². The van der Waals surface area contributed by atoms with Crippen molar-refractivity contribution in [2.75, 3.05) is 24.8 Å². The van der Waals surface area contributed by atoms with Crippen LogP contribution in [0.1, 0.15) is 29.5 Å². The first-order valence-electron chi connectivity index (χ1n) is 10.3. The summed E-state index contributed by atoms with van der Waals surface area (Å²) in [5.74, 6) is 2.31. The van der Waals surface area contributed by atoms with Crippen molar-refractivity contribution in [3.05, 3.63) is 59.2 Å². The zero-order chi connectivity index (χ0) is 21.4. The third kappa shape index (κ3) is 4.12. The first-order chi connectivity index (χ1) is 15.0. The molecule has 0 radical (unpaired) electrons. The lowest BCUT2D eigenvalue weighted by Gasteiger charge is -2.21. The molecule has 0 saturated carbocycles. The predicted molar refractivity (Wildman–Crippen MR) is 111 cm³/mol. The summed E-state index contributed by atoms with van der Waals surface area (Å²) in [6.07, 6.45) is -2.09. The predicted octanol–water partition coefficient (Wildman–Crippen LogP) is 4.87. The molecule has 2 aliphatic heterocycles. The molecule has 0 aliphatic carbocycles. The van der Waals surface area contributed by atoms with E-state index >= 15 is 0 Å². The van der Waals surface area contributed by atoms with E-state index in [0.29, 0.717) is 30.2 Å². The maximum absolute atomic E-state index is 13.0. The Morgan fingerprint density at radius 1 is 0.968 bits per heavy atom. The van der Waals surface area contributed by atoms with Crippen molar-refractivity contribution >= 4 is 16.7 Å². The van der Waals surface area contributed by atoms with E-state index in [1.807, 2.05) is 12.1 Å². The summed E-state index contributed by atoms with van der Waals surface area (Å²) in [6, 6.07) is 11.3. The number of pyridine rings is 1. The van der Waals surface area contributed by atoms with Gasteiger partial charge in [-0.05, 0) is 36.6 Å². The van der Waals surface area contributed by atoms with Crippen molar-refractivity contribution in [2.24, 2.45) is 0 Å². The lowest BCUT2D eigenvalue weighted by atomic mass is 10.1. The summed E-state index contributed by atoms with van der Waals surface area (Å²) in [5, 5.41) is 4.23. The third-order valence-electron chi connectivity index (χ3n) is 5.67. The van der Waals surface area contributed by atoms with E-state index in [2.05, 4.69) is 16.3 Å². The highest BCUT2D eigenvalue weighted by Crippen LogP contribution is 2.37. The van der Waals surface area contributed by atoms with Crippen molar-refractivity contribution in [1.29, 1.82) is 0 Å². The number of nitrogens with one attached hydrogen (secondary N) is 1. The topological polar surface area (TPSA) is 46.6 Å². The van der Waals surface area contributed by atoms with Gasteiger partial charge in [0.25, 0.3) is 0 Å². The van der Waals surface area contributed by atoms with Crippen molar-refractivity contribution < 1.29 is 22.6 Å². The molecule has 3 heterocycles. The summed E-state index contributed by atoms with van der Waals surface area (Å²) in [7, 11) is 0. The van der Waals surface area contributed by atoms with E-state index in [1.54, 1.807) is 6.07 Å². The van der Waals surface area contributed by atoms with E-state index in [1.165, 1.54) is 12.1 Å². The van der Waals surface area contributed by atoms with Gasteiger partial charge in [-0.3, -0.25) is 0 Å². The molecule has 2 aromatic carbocycles. The van der Waals surface area contributed by atoms with Gasteiger partial charge in [0.15, 0.2) is 11.5 Å². The minimum Gasteiger partial charge on any atom is -0.454 e. The van der Waals surface area contributed by atoms with Crippen LogP contribution in [0.4, 0.5) is 19.0 Å².